The summed E-state index contributed by atoms with van der Waals surface area (Å²) in [5.74, 6) is 0.791. The molecule has 0 saturated heterocycles. The van der Waals surface area contributed by atoms with Crippen molar-refractivity contribution in [3.05, 3.63) is 53.7 Å². The molecule has 0 spiro atoms. The van der Waals surface area contributed by atoms with Crippen molar-refractivity contribution in [3.8, 4) is 0 Å². The van der Waals surface area contributed by atoms with Gasteiger partial charge in [-0.3, -0.25) is 0 Å². The summed E-state index contributed by atoms with van der Waals surface area (Å²) >= 11 is 0. The number of carbonyl (C=O) groups excluding carboxylic acids is 1. The molecule has 25 heavy (non-hydrogen) atoms. The molecule has 0 radical (unpaired) electrons. The van der Waals surface area contributed by atoms with Crippen LogP contribution in [0.4, 0.5) is 16.3 Å². The number of pyridine rings is 1. The Morgan fingerprint density at radius 3 is 2.72 bits per heavy atom. The molecule has 5 heteroatoms. The lowest BCUT2D eigenvalue weighted by atomic mass is 9.96. The Labute approximate surface area is 149 Å². The van der Waals surface area contributed by atoms with Crippen molar-refractivity contribution >= 4 is 17.5 Å². The number of urea groups is 1. The van der Waals surface area contributed by atoms with Crippen LogP contribution in [-0.2, 0) is 6.54 Å². The van der Waals surface area contributed by atoms with E-state index < -0.39 is 0 Å². The van der Waals surface area contributed by atoms with Gasteiger partial charge >= 0.3 is 6.03 Å². The number of aryl methyl sites for hydroxylation is 1. The van der Waals surface area contributed by atoms with Gasteiger partial charge in [-0.15, -0.1) is 0 Å². The lowest BCUT2D eigenvalue weighted by molar-refractivity contribution is 0.244. The van der Waals surface area contributed by atoms with E-state index >= 15 is 0 Å². The van der Waals surface area contributed by atoms with Gasteiger partial charge in [-0.2, -0.15) is 0 Å². The fraction of sp³-hybridized carbons (Fsp3) is 0.400. The fourth-order valence-corrected chi connectivity index (χ4v) is 3.19. The van der Waals surface area contributed by atoms with E-state index in [1.807, 2.05) is 12.1 Å². The zero-order valence-electron chi connectivity index (χ0n) is 14.7. The third-order valence-electron chi connectivity index (χ3n) is 4.52. The Bertz CT molecular complexity index is 693. The Hall–Kier alpha value is -2.56. The van der Waals surface area contributed by atoms with E-state index in [-0.39, 0.29) is 6.03 Å². The number of rotatable bonds is 5. The average molecular weight is 338 g/mol. The van der Waals surface area contributed by atoms with E-state index in [1.54, 1.807) is 6.20 Å². The van der Waals surface area contributed by atoms with Gasteiger partial charge < -0.3 is 16.0 Å². The number of anilines is 2. The molecule has 3 rings (SSSR count). The quantitative estimate of drug-likeness (QED) is 0.754. The molecule has 0 atom stereocenters. The van der Waals surface area contributed by atoms with E-state index in [4.69, 9.17) is 0 Å². The van der Waals surface area contributed by atoms with E-state index in [0.29, 0.717) is 11.7 Å². The summed E-state index contributed by atoms with van der Waals surface area (Å²) in [7, 11) is 0. The first kappa shape index (κ1) is 17.3. The standard InChI is InChI=1S/C20H26N4O/c1-15-6-5-7-16(12-15)13-21-19-11-10-18(14-22-19)24-20(25)23-17-8-3-2-4-9-17/h5-7,10-12,14,17H,2-4,8-9,13H2,1H3,(H,21,22)(H2,23,24,25). The Morgan fingerprint density at radius 2 is 2.00 bits per heavy atom. The maximum atomic E-state index is 12.0. The molecule has 1 saturated carbocycles. The van der Waals surface area contributed by atoms with Crippen LogP contribution in [0.1, 0.15) is 43.2 Å². The second-order valence-corrected chi connectivity index (χ2v) is 6.71. The van der Waals surface area contributed by atoms with Crippen LogP contribution in [0, 0.1) is 6.92 Å². The fourth-order valence-electron chi connectivity index (χ4n) is 3.19. The molecule has 2 aromatic rings. The van der Waals surface area contributed by atoms with Gasteiger partial charge in [-0.25, -0.2) is 9.78 Å². The number of amides is 2. The van der Waals surface area contributed by atoms with E-state index in [0.717, 1.165) is 25.2 Å². The highest BCUT2D eigenvalue weighted by atomic mass is 16.2. The van der Waals surface area contributed by atoms with Crippen molar-refractivity contribution in [2.24, 2.45) is 0 Å². The third-order valence-corrected chi connectivity index (χ3v) is 4.52. The van der Waals surface area contributed by atoms with E-state index in [2.05, 4.69) is 52.1 Å². The van der Waals surface area contributed by atoms with Gasteiger partial charge in [0.25, 0.3) is 0 Å². The van der Waals surface area contributed by atoms with Crippen LogP contribution in [0.25, 0.3) is 0 Å². The molecule has 5 nitrogen and oxygen atoms in total. The number of nitrogens with zero attached hydrogens (tertiary/aromatic N) is 1. The minimum absolute atomic E-state index is 0.144. The highest BCUT2D eigenvalue weighted by Crippen LogP contribution is 2.17. The Morgan fingerprint density at radius 1 is 1.16 bits per heavy atom. The first-order valence-corrected chi connectivity index (χ1v) is 9.02. The summed E-state index contributed by atoms with van der Waals surface area (Å²) < 4.78 is 0. The number of hydrogen-bond acceptors (Lipinski definition) is 3. The third kappa shape index (κ3) is 5.48. The number of carbonyl (C=O) groups is 1. The van der Waals surface area contributed by atoms with Crippen molar-refractivity contribution in [2.75, 3.05) is 10.6 Å². The van der Waals surface area contributed by atoms with Crippen LogP contribution in [0.2, 0.25) is 0 Å². The predicted molar refractivity (Wildman–Crippen MR) is 102 cm³/mol. The maximum absolute atomic E-state index is 12.0. The highest BCUT2D eigenvalue weighted by molar-refractivity contribution is 5.89. The van der Waals surface area contributed by atoms with E-state index in [1.165, 1.54) is 30.4 Å². The predicted octanol–water partition coefficient (Wildman–Crippen LogP) is 4.46. The van der Waals surface area contributed by atoms with Crippen LogP contribution in [0.5, 0.6) is 0 Å². The van der Waals surface area contributed by atoms with E-state index in [9.17, 15) is 4.79 Å². The topological polar surface area (TPSA) is 66.0 Å². The molecule has 0 bridgehead atoms. The molecule has 3 N–H and O–H groups in total. The number of aromatic nitrogens is 1. The van der Waals surface area contributed by atoms with Crippen molar-refractivity contribution < 1.29 is 4.79 Å². The van der Waals surface area contributed by atoms with Gasteiger partial charge in [0.1, 0.15) is 5.82 Å². The lowest BCUT2D eigenvalue weighted by Gasteiger charge is -2.22. The van der Waals surface area contributed by atoms with Crippen LogP contribution < -0.4 is 16.0 Å². The molecule has 1 heterocycles. The van der Waals surface area contributed by atoms with Gasteiger partial charge in [0.2, 0.25) is 0 Å². The molecule has 0 aliphatic heterocycles. The Kier molecular flexibility index (Phi) is 5.88. The summed E-state index contributed by atoms with van der Waals surface area (Å²) in [4.78, 5) is 16.4. The monoisotopic (exact) mass is 338 g/mol. The smallest absolute Gasteiger partial charge is 0.319 e. The van der Waals surface area contributed by atoms with Gasteiger partial charge in [0.15, 0.2) is 0 Å². The zero-order chi connectivity index (χ0) is 17.5. The summed E-state index contributed by atoms with van der Waals surface area (Å²) in [6.07, 6.45) is 7.52. The first-order valence-electron chi connectivity index (χ1n) is 9.02. The minimum Gasteiger partial charge on any atom is -0.366 e. The molecule has 1 aliphatic rings. The van der Waals surface area contributed by atoms with Crippen LogP contribution in [0.15, 0.2) is 42.6 Å². The molecule has 0 unspecified atom stereocenters. The zero-order valence-corrected chi connectivity index (χ0v) is 14.7. The van der Waals surface area contributed by atoms with Crippen LogP contribution >= 0.6 is 0 Å². The second-order valence-electron chi connectivity index (χ2n) is 6.71. The summed E-state index contributed by atoms with van der Waals surface area (Å²) in [6, 6.07) is 12.3. The molecule has 1 fully saturated rings. The molecule has 2 amide bonds. The van der Waals surface area contributed by atoms with Crippen molar-refractivity contribution in [3.63, 3.8) is 0 Å². The molecule has 1 aromatic carbocycles. The van der Waals surface area contributed by atoms with Gasteiger partial charge in [0, 0.05) is 12.6 Å². The van der Waals surface area contributed by atoms with Gasteiger partial charge in [0.05, 0.1) is 11.9 Å². The van der Waals surface area contributed by atoms with Crippen molar-refractivity contribution in [1.29, 1.82) is 0 Å². The largest absolute Gasteiger partial charge is 0.366 e. The lowest BCUT2D eigenvalue weighted by Crippen LogP contribution is -2.39. The molecular weight excluding hydrogens is 312 g/mol. The average Bonchev–Trinajstić information content (AvgIpc) is 2.62. The SMILES string of the molecule is Cc1cccc(CNc2ccc(NC(=O)NC3CCCCC3)cn2)c1. The number of benzene rings is 1. The van der Waals surface area contributed by atoms with Gasteiger partial charge in [-0.05, 0) is 37.5 Å². The molecule has 1 aromatic heterocycles. The number of nitrogens with one attached hydrogen (secondary N) is 3. The Balaban J connectivity index is 1.47. The maximum Gasteiger partial charge on any atom is 0.319 e. The van der Waals surface area contributed by atoms with Crippen LogP contribution in [-0.4, -0.2) is 17.1 Å². The van der Waals surface area contributed by atoms with Gasteiger partial charge in [-0.1, -0.05) is 49.1 Å². The molecular formula is C20H26N4O. The summed E-state index contributed by atoms with van der Waals surface area (Å²) in [6.45, 7) is 2.81. The van der Waals surface area contributed by atoms with Crippen LogP contribution in [0.3, 0.4) is 0 Å². The summed E-state index contributed by atoms with van der Waals surface area (Å²) in [5.41, 5.74) is 3.17. The van der Waals surface area contributed by atoms with Crippen molar-refractivity contribution in [1.82, 2.24) is 10.3 Å². The molecule has 132 valence electrons. The highest BCUT2D eigenvalue weighted by Gasteiger charge is 2.15. The molecule has 1 aliphatic carbocycles. The van der Waals surface area contributed by atoms with Crippen molar-refractivity contribution in [2.45, 2.75) is 51.6 Å². The summed E-state index contributed by atoms with van der Waals surface area (Å²) in [5, 5.41) is 9.19. The number of hydrogen-bond donors (Lipinski definition) is 3. The normalized spacial score (nSPS) is 14.8. The second kappa shape index (κ2) is 8.51. The first-order chi connectivity index (χ1) is 12.2. The minimum atomic E-state index is -0.144.